The molecule has 0 unspecified atom stereocenters. The average molecular weight is 345 g/mol. The Morgan fingerprint density at radius 1 is 0.810 bits per heavy atom. The van der Waals surface area contributed by atoms with Crippen LogP contribution in [-0.2, 0) is 27.2 Å². The number of nitrogens with one attached hydrogen (secondary N) is 1. The largest absolute Gasteiger partial charge is 0.415 e. The summed E-state index contributed by atoms with van der Waals surface area (Å²) in [5.74, 6) is 0. The van der Waals surface area contributed by atoms with E-state index in [1.165, 1.54) is 0 Å². The summed E-state index contributed by atoms with van der Waals surface area (Å²) < 4.78 is 46.4. The number of rotatable bonds is 12. The summed E-state index contributed by atoms with van der Waals surface area (Å²) in [5.41, 5.74) is 0. The van der Waals surface area contributed by atoms with Crippen LogP contribution in [0.4, 0.5) is 0 Å². The summed E-state index contributed by atoms with van der Waals surface area (Å²) in [5, 5.41) is 0. The van der Waals surface area contributed by atoms with Gasteiger partial charge in [-0.15, -0.1) is 4.86 Å². The Hall–Kier alpha value is 0.260. The Labute approximate surface area is 128 Å². The van der Waals surface area contributed by atoms with Gasteiger partial charge in [0.05, 0.1) is 25.4 Å². The highest BCUT2D eigenvalue weighted by molar-refractivity contribution is 7.67. The lowest BCUT2D eigenvalue weighted by Crippen LogP contribution is -2.21. The Kier molecular flexibility index (Phi) is 10.2. The van der Waals surface area contributed by atoms with E-state index in [0.717, 1.165) is 0 Å². The summed E-state index contributed by atoms with van der Waals surface area (Å²) >= 11 is 0. The third kappa shape index (κ3) is 8.46. The standard InChI is InChI=1S/C12H29NO6P2/c1-7-11(5)18-21(15,19-12(6)8-2)13-20(14,16-9-3)17-10-4/h11-12H,7-10H2,1-6H3,(H,13,14,15)/t11-,12-/m0/s1. The highest BCUT2D eigenvalue weighted by Crippen LogP contribution is 2.59. The lowest BCUT2D eigenvalue weighted by atomic mass is 10.3. The first-order valence-corrected chi connectivity index (χ1v) is 10.5. The third-order valence-electron chi connectivity index (χ3n) is 2.63. The van der Waals surface area contributed by atoms with Crippen LogP contribution in [0.5, 0.6) is 0 Å². The van der Waals surface area contributed by atoms with E-state index in [2.05, 4.69) is 4.86 Å². The maximum Gasteiger partial charge on any atom is 0.415 e. The summed E-state index contributed by atoms with van der Waals surface area (Å²) in [4.78, 5) is 2.36. The lowest BCUT2D eigenvalue weighted by molar-refractivity contribution is 0.117. The lowest BCUT2D eigenvalue weighted by Gasteiger charge is -2.27. The minimum absolute atomic E-state index is 0.150. The molecule has 0 saturated heterocycles. The second kappa shape index (κ2) is 10.1. The summed E-state index contributed by atoms with van der Waals surface area (Å²) in [7, 11) is -7.55. The van der Waals surface area contributed by atoms with Crippen molar-refractivity contribution in [1.82, 2.24) is 4.86 Å². The van der Waals surface area contributed by atoms with E-state index >= 15 is 0 Å². The summed E-state index contributed by atoms with van der Waals surface area (Å²) in [6, 6.07) is 0. The van der Waals surface area contributed by atoms with Crippen molar-refractivity contribution in [1.29, 1.82) is 0 Å². The van der Waals surface area contributed by atoms with Gasteiger partial charge in [-0.05, 0) is 40.5 Å². The molecule has 7 nitrogen and oxygen atoms in total. The molecule has 0 spiro atoms. The van der Waals surface area contributed by atoms with Crippen LogP contribution >= 0.6 is 15.5 Å². The smallest absolute Gasteiger partial charge is 0.297 e. The van der Waals surface area contributed by atoms with Gasteiger partial charge in [0.15, 0.2) is 0 Å². The van der Waals surface area contributed by atoms with Crippen molar-refractivity contribution in [2.24, 2.45) is 0 Å². The molecule has 0 aromatic heterocycles. The van der Waals surface area contributed by atoms with Crippen molar-refractivity contribution in [3.8, 4) is 0 Å². The van der Waals surface area contributed by atoms with E-state index in [9.17, 15) is 9.13 Å². The maximum absolute atomic E-state index is 12.8. The van der Waals surface area contributed by atoms with Crippen LogP contribution in [0.3, 0.4) is 0 Å². The molecule has 0 aliphatic rings. The predicted molar refractivity (Wildman–Crippen MR) is 83.3 cm³/mol. The molecule has 0 rings (SSSR count). The zero-order valence-corrected chi connectivity index (χ0v) is 15.6. The first-order chi connectivity index (χ1) is 9.74. The molecule has 0 aromatic rings. The molecule has 128 valence electrons. The molecule has 0 aliphatic carbocycles. The SMILES string of the molecule is CCOP(=O)(NP(=O)(O[C@@H](C)CC)O[C@@H](C)CC)OCC. The molecule has 0 heterocycles. The average Bonchev–Trinajstić information content (AvgIpc) is 2.37. The number of hydrogen-bond acceptors (Lipinski definition) is 6. The van der Waals surface area contributed by atoms with Gasteiger partial charge in [-0.25, -0.2) is 9.13 Å². The minimum Gasteiger partial charge on any atom is -0.297 e. The van der Waals surface area contributed by atoms with E-state index in [4.69, 9.17) is 18.1 Å². The molecular weight excluding hydrogens is 316 g/mol. The van der Waals surface area contributed by atoms with Gasteiger partial charge in [-0.3, -0.25) is 18.1 Å². The second-order valence-electron chi connectivity index (χ2n) is 4.58. The Morgan fingerprint density at radius 3 is 1.48 bits per heavy atom. The van der Waals surface area contributed by atoms with Crippen molar-refractivity contribution < 1.29 is 27.2 Å². The van der Waals surface area contributed by atoms with Crippen molar-refractivity contribution in [3.05, 3.63) is 0 Å². The highest BCUT2D eigenvalue weighted by atomic mass is 31.3. The van der Waals surface area contributed by atoms with Crippen molar-refractivity contribution in [2.45, 2.75) is 66.6 Å². The van der Waals surface area contributed by atoms with E-state index in [0.29, 0.717) is 12.8 Å². The van der Waals surface area contributed by atoms with Gasteiger partial charge in [0.2, 0.25) is 0 Å². The van der Waals surface area contributed by atoms with E-state index in [-0.39, 0.29) is 25.4 Å². The van der Waals surface area contributed by atoms with Crippen LogP contribution in [0, 0.1) is 0 Å². The summed E-state index contributed by atoms with van der Waals surface area (Å²) in [6.45, 7) is 11.0. The zero-order chi connectivity index (χ0) is 16.5. The van der Waals surface area contributed by atoms with Gasteiger partial charge in [0.1, 0.15) is 0 Å². The predicted octanol–water partition coefficient (Wildman–Crippen LogP) is 4.50. The Balaban J connectivity index is 5.18. The van der Waals surface area contributed by atoms with E-state index in [1.54, 1.807) is 27.7 Å². The molecular formula is C12H29NO6P2. The van der Waals surface area contributed by atoms with Gasteiger partial charge < -0.3 is 0 Å². The van der Waals surface area contributed by atoms with Gasteiger partial charge in [-0.2, -0.15) is 0 Å². The summed E-state index contributed by atoms with van der Waals surface area (Å²) in [6.07, 6.45) is 0.653. The topological polar surface area (TPSA) is 83.1 Å². The Bertz CT molecular complexity index is 353. The molecule has 0 amide bonds. The van der Waals surface area contributed by atoms with E-state index < -0.39 is 15.5 Å². The monoisotopic (exact) mass is 345 g/mol. The van der Waals surface area contributed by atoms with Crippen LogP contribution in [0.1, 0.15) is 54.4 Å². The van der Waals surface area contributed by atoms with Crippen LogP contribution in [0.15, 0.2) is 0 Å². The first-order valence-electron chi connectivity index (χ1n) is 7.39. The molecule has 0 bridgehead atoms. The molecule has 0 aromatic carbocycles. The fourth-order valence-electron chi connectivity index (χ4n) is 1.28. The molecule has 0 fully saturated rings. The van der Waals surface area contributed by atoms with E-state index in [1.807, 2.05) is 13.8 Å². The van der Waals surface area contributed by atoms with Gasteiger partial charge in [0, 0.05) is 0 Å². The van der Waals surface area contributed by atoms with Crippen LogP contribution < -0.4 is 4.86 Å². The molecule has 0 saturated carbocycles. The van der Waals surface area contributed by atoms with Crippen molar-refractivity contribution in [2.75, 3.05) is 13.2 Å². The Morgan fingerprint density at radius 2 is 1.19 bits per heavy atom. The van der Waals surface area contributed by atoms with Gasteiger partial charge in [-0.1, -0.05) is 13.8 Å². The van der Waals surface area contributed by atoms with Gasteiger partial charge >= 0.3 is 15.5 Å². The van der Waals surface area contributed by atoms with Crippen molar-refractivity contribution in [3.63, 3.8) is 0 Å². The first kappa shape index (κ1) is 21.3. The fourth-order valence-corrected chi connectivity index (χ4v) is 5.37. The zero-order valence-electron chi connectivity index (χ0n) is 13.8. The minimum atomic E-state index is -3.81. The van der Waals surface area contributed by atoms with Crippen LogP contribution in [0.2, 0.25) is 0 Å². The quantitative estimate of drug-likeness (QED) is 0.522. The molecule has 2 atom stereocenters. The maximum atomic E-state index is 12.8. The van der Waals surface area contributed by atoms with Crippen molar-refractivity contribution >= 4 is 15.5 Å². The van der Waals surface area contributed by atoms with Crippen LogP contribution in [-0.4, -0.2) is 25.4 Å². The molecule has 9 heteroatoms. The molecule has 0 aliphatic heterocycles. The number of hydrogen-bond donors (Lipinski definition) is 1. The fraction of sp³-hybridized carbons (Fsp3) is 1.00. The highest BCUT2D eigenvalue weighted by Gasteiger charge is 2.39. The second-order valence-corrected chi connectivity index (χ2v) is 8.31. The van der Waals surface area contributed by atoms with Crippen LogP contribution in [0.25, 0.3) is 0 Å². The molecule has 21 heavy (non-hydrogen) atoms. The third-order valence-corrected chi connectivity index (χ3v) is 7.06. The normalized spacial score (nSPS) is 15.9. The molecule has 1 N–H and O–H groups in total. The molecule has 0 radical (unpaired) electrons. The van der Waals surface area contributed by atoms with Gasteiger partial charge in [0.25, 0.3) is 0 Å².